The van der Waals surface area contributed by atoms with Gasteiger partial charge in [-0.1, -0.05) is 57.1 Å². The highest BCUT2D eigenvalue weighted by atomic mass is 13.9. The first-order valence-electron chi connectivity index (χ1n) is 5.83. The Morgan fingerprint density at radius 3 is 1.60 bits per heavy atom. The summed E-state index contributed by atoms with van der Waals surface area (Å²) in [5.41, 5.74) is 2.52. The molecule has 0 fully saturated rings. The van der Waals surface area contributed by atoms with Crippen molar-refractivity contribution in [2.45, 2.75) is 55.4 Å². The minimum absolute atomic E-state index is 0.668. The van der Waals surface area contributed by atoms with Gasteiger partial charge in [-0.15, -0.1) is 6.58 Å². The minimum Gasteiger partial charge on any atom is -0.100 e. The Morgan fingerprint density at radius 2 is 1.40 bits per heavy atom. The van der Waals surface area contributed by atoms with E-state index in [2.05, 4.69) is 45.6 Å². The molecule has 0 saturated heterocycles. The van der Waals surface area contributed by atoms with Crippen LogP contribution in [0.1, 0.15) is 55.4 Å². The lowest BCUT2D eigenvalue weighted by atomic mass is 10.1. The molecule has 0 aliphatic carbocycles. The van der Waals surface area contributed by atoms with Crippen molar-refractivity contribution in [1.82, 2.24) is 0 Å². The fourth-order valence-corrected chi connectivity index (χ4v) is 0.844. The quantitative estimate of drug-likeness (QED) is 0.401. The van der Waals surface area contributed by atoms with Gasteiger partial charge in [-0.05, 0) is 33.6 Å². The summed E-state index contributed by atoms with van der Waals surface area (Å²) >= 11 is 0. The zero-order valence-electron chi connectivity index (χ0n) is 12.0. The first kappa shape index (κ1) is 19.7. The topological polar surface area (TPSA) is 0 Å². The van der Waals surface area contributed by atoms with Crippen molar-refractivity contribution in [2.24, 2.45) is 5.92 Å². The largest absolute Gasteiger partial charge is 0.100 e. The standard InChI is InChI=1S/C9H16.C4H8.C2H6/c1-5-6-9(4)7-8(2)3;1-4(2)3;1-2/h5-8H,1-4H3;1H2,2-3H3;1-2H3/b6-5-,9-7-;;. The van der Waals surface area contributed by atoms with Crippen LogP contribution in [-0.4, -0.2) is 0 Å². The van der Waals surface area contributed by atoms with Crippen molar-refractivity contribution in [3.05, 3.63) is 36.0 Å². The van der Waals surface area contributed by atoms with Crippen molar-refractivity contribution in [3.63, 3.8) is 0 Å². The van der Waals surface area contributed by atoms with E-state index in [1.807, 2.05) is 34.6 Å². The summed E-state index contributed by atoms with van der Waals surface area (Å²) in [6, 6.07) is 0. The van der Waals surface area contributed by atoms with Gasteiger partial charge in [-0.25, -0.2) is 0 Å². The summed E-state index contributed by atoms with van der Waals surface area (Å²) in [5.74, 6) is 0.668. The summed E-state index contributed by atoms with van der Waals surface area (Å²) in [5, 5.41) is 0. The summed E-state index contributed by atoms with van der Waals surface area (Å²) in [4.78, 5) is 0. The Labute approximate surface area is 97.8 Å². The van der Waals surface area contributed by atoms with Gasteiger partial charge in [0.2, 0.25) is 0 Å². The second-order valence-corrected chi connectivity index (χ2v) is 3.86. The lowest BCUT2D eigenvalue weighted by Gasteiger charge is -1.95. The van der Waals surface area contributed by atoms with E-state index >= 15 is 0 Å². The minimum atomic E-state index is 0.668. The van der Waals surface area contributed by atoms with Gasteiger partial charge in [-0.3, -0.25) is 0 Å². The van der Waals surface area contributed by atoms with E-state index in [0.717, 1.165) is 0 Å². The number of rotatable bonds is 2. The van der Waals surface area contributed by atoms with Crippen molar-refractivity contribution in [2.75, 3.05) is 0 Å². The lowest BCUT2D eigenvalue weighted by molar-refractivity contribution is 0.825. The summed E-state index contributed by atoms with van der Waals surface area (Å²) in [7, 11) is 0. The van der Waals surface area contributed by atoms with E-state index in [1.54, 1.807) is 0 Å². The second-order valence-electron chi connectivity index (χ2n) is 3.86. The molecular weight excluding hydrogens is 180 g/mol. The van der Waals surface area contributed by atoms with Crippen molar-refractivity contribution in [3.8, 4) is 0 Å². The molecule has 0 rings (SSSR count). The third-order valence-electron chi connectivity index (χ3n) is 1.03. The molecule has 0 N–H and O–H groups in total. The Hall–Kier alpha value is -0.780. The molecule has 0 heteroatoms. The monoisotopic (exact) mass is 210 g/mol. The van der Waals surface area contributed by atoms with E-state index in [9.17, 15) is 0 Å². The smallest absolute Gasteiger partial charge is 0.0285 e. The Kier molecular flexibility index (Phi) is 20.6. The van der Waals surface area contributed by atoms with E-state index in [0.29, 0.717) is 5.92 Å². The van der Waals surface area contributed by atoms with Gasteiger partial charge in [0.1, 0.15) is 0 Å². The number of hydrogen-bond acceptors (Lipinski definition) is 0. The maximum atomic E-state index is 3.56. The van der Waals surface area contributed by atoms with Gasteiger partial charge < -0.3 is 0 Å². The Bertz CT molecular complexity index is 176. The van der Waals surface area contributed by atoms with Crippen LogP contribution in [0.15, 0.2) is 36.0 Å². The molecule has 0 nitrogen and oxygen atoms in total. The van der Waals surface area contributed by atoms with E-state index in [4.69, 9.17) is 0 Å². The first-order chi connectivity index (χ1) is 6.90. The zero-order valence-corrected chi connectivity index (χ0v) is 12.0. The molecule has 0 atom stereocenters. The highest BCUT2D eigenvalue weighted by molar-refractivity contribution is 5.15. The molecule has 0 aromatic carbocycles. The predicted octanol–water partition coefficient (Wildman–Crippen LogP) is 5.77. The molecule has 0 aromatic rings. The van der Waals surface area contributed by atoms with Gasteiger partial charge in [0.05, 0.1) is 0 Å². The predicted molar refractivity (Wildman–Crippen MR) is 75.2 cm³/mol. The number of hydrogen-bond donors (Lipinski definition) is 0. The van der Waals surface area contributed by atoms with Crippen molar-refractivity contribution >= 4 is 0 Å². The van der Waals surface area contributed by atoms with Gasteiger partial charge in [0.25, 0.3) is 0 Å². The molecule has 0 radical (unpaired) electrons. The van der Waals surface area contributed by atoms with E-state index < -0.39 is 0 Å². The molecule has 0 unspecified atom stereocenters. The SMILES string of the molecule is C/C=C\C(C)=C/C(C)C.C=C(C)C.CC. The van der Waals surface area contributed by atoms with Gasteiger partial charge in [-0.2, -0.15) is 0 Å². The third kappa shape index (κ3) is 43.0. The maximum absolute atomic E-state index is 3.56. The molecule has 15 heavy (non-hydrogen) atoms. The normalized spacial score (nSPS) is 10.3. The van der Waals surface area contributed by atoms with Crippen LogP contribution in [-0.2, 0) is 0 Å². The van der Waals surface area contributed by atoms with Gasteiger partial charge >= 0.3 is 0 Å². The summed E-state index contributed by atoms with van der Waals surface area (Å²) in [6.07, 6.45) is 6.44. The van der Waals surface area contributed by atoms with E-state index in [-0.39, 0.29) is 0 Å². The van der Waals surface area contributed by atoms with Gasteiger partial charge in [0, 0.05) is 0 Å². The summed E-state index contributed by atoms with van der Waals surface area (Å²) < 4.78 is 0. The van der Waals surface area contributed by atoms with Crippen LogP contribution >= 0.6 is 0 Å². The first-order valence-corrected chi connectivity index (χ1v) is 5.83. The third-order valence-corrected chi connectivity index (χ3v) is 1.03. The second kappa shape index (κ2) is 15.7. The highest BCUT2D eigenvalue weighted by Gasteiger charge is 1.85. The molecule has 0 aromatic heterocycles. The van der Waals surface area contributed by atoms with E-state index in [1.165, 1.54) is 11.1 Å². The van der Waals surface area contributed by atoms with Crippen LogP contribution in [0.5, 0.6) is 0 Å². The van der Waals surface area contributed by atoms with Crippen LogP contribution in [0, 0.1) is 5.92 Å². The average molecular weight is 210 g/mol. The molecule has 0 heterocycles. The number of allylic oxidation sites excluding steroid dienone is 5. The molecular formula is C15H30. The van der Waals surface area contributed by atoms with Crippen LogP contribution in [0.2, 0.25) is 0 Å². The molecule has 0 aliphatic rings. The fourth-order valence-electron chi connectivity index (χ4n) is 0.844. The summed E-state index contributed by atoms with van der Waals surface area (Å²) in [6.45, 7) is 20.0. The van der Waals surface area contributed by atoms with Crippen molar-refractivity contribution < 1.29 is 0 Å². The van der Waals surface area contributed by atoms with Crippen LogP contribution in [0.4, 0.5) is 0 Å². The van der Waals surface area contributed by atoms with Crippen LogP contribution < -0.4 is 0 Å². The Morgan fingerprint density at radius 1 is 1.07 bits per heavy atom. The fraction of sp³-hybridized carbons (Fsp3) is 0.600. The zero-order chi connectivity index (χ0) is 12.9. The highest BCUT2D eigenvalue weighted by Crippen LogP contribution is 2.01. The van der Waals surface area contributed by atoms with Crippen LogP contribution in [0.25, 0.3) is 0 Å². The van der Waals surface area contributed by atoms with Crippen LogP contribution in [0.3, 0.4) is 0 Å². The Balaban J connectivity index is -0.000000202. The average Bonchev–Trinajstić information content (AvgIpc) is 2.05. The molecule has 0 saturated carbocycles. The maximum Gasteiger partial charge on any atom is -0.0285 e. The molecule has 0 spiro atoms. The molecule has 0 amide bonds. The molecule has 0 bridgehead atoms. The molecule has 90 valence electrons. The van der Waals surface area contributed by atoms with Crippen molar-refractivity contribution in [1.29, 1.82) is 0 Å². The molecule has 0 aliphatic heterocycles. The van der Waals surface area contributed by atoms with Gasteiger partial charge in [0.15, 0.2) is 0 Å². The lowest BCUT2D eigenvalue weighted by Crippen LogP contribution is -1.79.